The molecule has 8 aromatic rings. The zero-order chi connectivity index (χ0) is 46.2. The van der Waals surface area contributed by atoms with Crippen LogP contribution in [-0.2, 0) is 18.6 Å². The number of methoxy groups -OCH3 is 2. The van der Waals surface area contributed by atoms with Crippen molar-refractivity contribution in [2.45, 2.75) is 77.8 Å². The molecule has 2 aliphatic heterocycles. The maximum atomic E-state index is 6.44. The lowest BCUT2D eigenvalue weighted by molar-refractivity contribution is 0.00578. The van der Waals surface area contributed by atoms with Gasteiger partial charge in [0.05, 0.1) is 70.4 Å². The van der Waals surface area contributed by atoms with E-state index < -0.39 is 36.6 Å². The summed E-state index contributed by atoms with van der Waals surface area (Å²) >= 11 is 0. The summed E-state index contributed by atoms with van der Waals surface area (Å²) in [4.78, 5) is 16.2. The van der Waals surface area contributed by atoms with Crippen LogP contribution >= 0.6 is 0 Å². The summed E-state index contributed by atoms with van der Waals surface area (Å²) in [7, 11) is 2.21. The number of hydrogen-bond donors (Lipinski definition) is 0. The highest BCUT2D eigenvalue weighted by Crippen LogP contribution is 2.41. The summed E-state index contributed by atoms with van der Waals surface area (Å²) in [6.45, 7) is 16.4. The van der Waals surface area contributed by atoms with E-state index >= 15 is 0 Å². The van der Waals surface area contributed by atoms with Crippen molar-refractivity contribution in [3.8, 4) is 67.7 Å². The van der Waals surface area contributed by atoms with Gasteiger partial charge in [-0.05, 0) is 96.7 Å². The lowest BCUT2D eigenvalue weighted by Crippen LogP contribution is -2.41. The van der Waals surface area contributed by atoms with Crippen molar-refractivity contribution < 1.29 is 28.1 Å². The van der Waals surface area contributed by atoms with Crippen LogP contribution in [0.25, 0.3) is 78.0 Å². The first kappa shape index (κ1) is 43.5. The minimum Gasteiger partial charge on any atom is -0.497 e. The summed E-state index contributed by atoms with van der Waals surface area (Å²) in [5.41, 5.74) is 10.1. The summed E-state index contributed by atoms with van der Waals surface area (Å²) in [5.74, 6) is 1.32. The first-order valence-corrected chi connectivity index (χ1v) is 22.5. The summed E-state index contributed by atoms with van der Waals surface area (Å²) in [6, 6.07) is 47.6. The molecular formula is C55H53B2N3O6. The Kier molecular flexibility index (Phi) is 10.7. The Morgan fingerprint density at radius 2 is 0.939 bits per heavy atom. The highest BCUT2D eigenvalue weighted by molar-refractivity contribution is 6.63. The van der Waals surface area contributed by atoms with Gasteiger partial charge in [-0.15, -0.1) is 0 Å². The molecule has 0 saturated carbocycles. The van der Waals surface area contributed by atoms with E-state index in [0.29, 0.717) is 11.5 Å². The van der Waals surface area contributed by atoms with Gasteiger partial charge in [-0.25, -0.2) is 15.0 Å². The predicted octanol–water partition coefficient (Wildman–Crippen LogP) is 11.1. The van der Waals surface area contributed by atoms with Crippen LogP contribution in [0, 0.1) is 0 Å². The third kappa shape index (κ3) is 7.54. The first-order valence-electron chi connectivity index (χ1n) is 22.5. The Morgan fingerprint density at radius 1 is 0.424 bits per heavy atom. The number of rotatable bonds is 9. The Hall–Kier alpha value is -6.36. The average molecular weight is 874 g/mol. The van der Waals surface area contributed by atoms with E-state index in [9.17, 15) is 0 Å². The largest absolute Gasteiger partial charge is 0.498 e. The second-order valence-corrected chi connectivity index (χ2v) is 19.2. The smallest absolute Gasteiger partial charge is 0.497 e. The molecule has 0 unspecified atom stereocenters. The zero-order valence-electron chi connectivity index (χ0n) is 39.2. The van der Waals surface area contributed by atoms with Crippen molar-refractivity contribution in [1.29, 1.82) is 0 Å². The van der Waals surface area contributed by atoms with E-state index in [1.54, 1.807) is 14.2 Å². The lowest BCUT2D eigenvalue weighted by atomic mass is 9.77. The first-order chi connectivity index (χ1) is 31.6. The Morgan fingerprint density at radius 3 is 1.58 bits per heavy atom. The molecule has 2 fully saturated rings. The van der Waals surface area contributed by atoms with Gasteiger partial charge in [0.15, 0.2) is 0 Å². The molecule has 4 heterocycles. The molecule has 0 amide bonds. The quantitative estimate of drug-likeness (QED) is 0.131. The predicted molar refractivity (Wildman–Crippen MR) is 267 cm³/mol. The van der Waals surface area contributed by atoms with Gasteiger partial charge < -0.3 is 28.1 Å². The van der Waals surface area contributed by atoms with Crippen LogP contribution in [0.5, 0.6) is 11.5 Å². The summed E-state index contributed by atoms with van der Waals surface area (Å²) < 4.78 is 37.7. The second-order valence-electron chi connectivity index (χ2n) is 19.2. The molecule has 11 heteroatoms. The maximum Gasteiger partial charge on any atom is 0.498 e. The zero-order valence-corrected chi connectivity index (χ0v) is 39.2. The van der Waals surface area contributed by atoms with Gasteiger partial charge in [-0.1, -0.05) is 109 Å². The van der Waals surface area contributed by atoms with Crippen LogP contribution in [0.4, 0.5) is 0 Å². The SMILES string of the molecule is COc1cc(-c2cc3ccccc3c(-c3cccc(-c4cccc5nc(-c6ccccc6)c(-c6ccc(B7OC(C)(C)C(C)(C)O7)c(OC)c6)nc45)c3)n2)ccc1B1OC(C)(C)C(C)(C)O1. The number of aromatic nitrogens is 3. The number of pyridine rings is 1. The van der Waals surface area contributed by atoms with E-state index in [1.807, 2.05) is 54.6 Å². The topological polar surface area (TPSA) is 94.1 Å². The monoisotopic (exact) mass is 873 g/mol. The molecule has 0 bridgehead atoms. The van der Waals surface area contributed by atoms with Crippen molar-refractivity contribution >= 4 is 47.0 Å². The Labute approximate surface area is 387 Å². The normalized spacial score (nSPS) is 17.1. The molecule has 10 rings (SSSR count). The van der Waals surface area contributed by atoms with Crippen LogP contribution in [0.15, 0.2) is 140 Å². The van der Waals surface area contributed by atoms with Gasteiger partial charge in [0.1, 0.15) is 11.5 Å². The van der Waals surface area contributed by atoms with E-state index in [4.69, 9.17) is 43.0 Å². The summed E-state index contributed by atoms with van der Waals surface area (Å²) in [5, 5.41) is 2.12. The number of benzene rings is 6. The van der Waals surface area contributed by atoms with E-state index in [-0.39, 0.29) is 0 Å². The van der Waals surface area contributed by atoms with Crippen molar-refractivity contribution in [3.05, 3.63) is 140 Å². The molecule has 2 aromatic heterocycles. The van der Waals surface area contributed by atoms with E-state index in [1.165, 1.54) is 0 Å². The molecule has 0 atom stereocenters. The average Bonchev–Trinajstić information content (AvgIpc) is 3.68. The van der Waals surface area contributed by atoms with E-state index in [2.05, 4.69) is 140 Å². The molecule has 2 saturated heterocycles. The minimum atomic E-state index is -0.586. The van der Waals surface area contributed by atoms with Crippen molar-refractivity contribution in [3.63, 3.8) is 0 Å². The van der Waals surface area contributed by atoms with Gasteiger partial charge >= 0.3 is 14.2 Å². The second kappa shape index (κ2) is 16.2. The Balaban J connectivity index is 1.07. The lowest BCUT2D eigenvalue weighted by Gasteiger charge is -2.32. The fourth-order valence-corrected chi connectivity index (χ4v) is 8.77. The molecule has 9 nitrogen and oxygen atoms in total. The minimum absolute atomic E-state index is 0.478. The van der Waals surface area contributed by atoms with Crippen LogP contribution in [-0.4, -0.2) is 65.8 Å². The van der Waals surface area contributed by atoms with Gasteiger partial charge in [-0.2, -0.15) is 0 Å². The molecule has 0 aliphatic carbocycles. The standard InChI is InChI=1S/C55H53B2N3O6/c1-52(2)53(3,4)64-56(63-52)42-28-26-37(32-46(42)61-9)45-31-36-20-14-15-23-40(36)48(59-45)38-22-16-21-35(30-38)41-24-17-25-44-51(41)60-50(49(58-44)34-18-12-11-13-19-34)39-27-29-43(47(33-39)62-10)57-65-54(5,6)55(7,8)66-57/h11-33H,1-10H3. The molecule has 2 aliphatic rings. The molecule has 0 N–H and O–H groups in total. The molecule has 66 heavy (non-hydrogen) atoms. The highest BCUT2D eigenvalue weighted by atomic mass is 16.7. The van der Waals surface area contributed by atoms with Gasteiger partial charge in [-0.3, -0.25) is 0 Å². The third-order valence-electron chi connectivity index (χ3n) is 14.0. The molecule has 0 radical (unpaired) electrons. The van der Waals surface area contributed by atoms with Crippen molar-refractivity contribution in [2.75, 3.05) is 14.2 Å². The van der Waals surface area contributed by atoms with Crippen molar-refractivity contribution in [2.24, 2.45) is 0 Å². The van der Waals surface area contributed by atoms with Crippen LogP contribution in [0.2, 0.25) is 0 Å². The molecule has 6 aromatic carbocycles. The van der Waals surface area contributed by atoms with Gasteiger partial charge in [0.25, 0.3) is 0 Å². The highest BCUT2D eigenvalue weighted by Gasteiger charge is 2.53. The number of nitrogens with zero attached hydrogens (tertiary/aromatic N) is 3. The van der Waals surface area contributed by atoms with E-state index in [0.717, 1.165) is 88.9 Å². The number of para-hydroxylation sites is 1. The van der Waals surface area contributed by atoms with Gasteiger partial charge in [0.2, 0.25) is 0 Å². The van der Waals surface area contributed by atoms with Crippen LogP contribution < -0.4 is 20.4 Å². The summed E-state index contributed by atoms with van der Waals surface area (Å²) in [6.07, 6.45) is 0. The number of hydrogen-bond acceptors (Lipinski definition) is 9. The number of ether oxygens (including phenoxy) is 2. The van der Waals surface area contributed by atoms with Gasteiger partial charge in [0, 0.05) is 44.1 Å². The Bertz CT molecular complexity index is 3140. The van der Waals surface area contributed by atoms with Crippen molar-refractivity contribution in [1.82, 2.24) is 15.0 Å². The fraction of sp³-hybridized carbons (Fsp3) is 0.255. The third-order valence-corrected chi connectivity index (χ3v) is 14.0. The fourth-order valence-electron chi connectivity index (χ4n) is 8.77. The van der Waals surface area contributed by atoms with Crippen LogP contribution in [0.3, 0.4) is 0 Å². The molecule has 330 valence electrons. The van der Waals surface area contributed by atoms with Crippen LogP contribution in [0.1, 0.15) is 55.4 Å². The maximum absolute atomic E-state index is 6.44. The molecule has 0 spiro atoms. The molecular weight excluding hydrogens is 820 g/mol. The number of fused-ring (bicyclic) bond motifs is 2.